The highest BCUT2D eigenvalue weighted by Crippen LogP contribution is 2.45. The summed E-state index contributed by atoms with van der Waals surface area (Å²) < 4.78 is 5.81. The predicted molar refractivity (Wildman–Crippen MR) is 102 cm³/mol. The summed E-state index contributed by atoms with van der Waals surface area (Å²) in [5.74, 6) is 2.38. The van der Waals surface area contributed by atoms with Gasteiger partial charge in [-0.3, -0.25) is 4.79 Å². The largest absolute Gasteiger partial charge is 0.493 e. The summed E-state index contributed by atoms with van der Waals surface area (Å²) in [4.78, 5) is 11.0. The van der Waals surface area contributed by atoms with Gasteiger partial charge in [0.25, 0.3) is 0 Å². The minimum Gasteiger partial charge on any atom is -0.493 e. The van der Waals surface area contributed by atoms with Crippen molar-refractivity contribution >= 4 is 5.91 Å². The highest BCUT2D eigenvalue weighted by Gasteiger charge is 2.33. The first-order valence-corrected chi connectivity index (χ1v) is 9.68. The van der Waals surface area contributed by atoms with Crippen molar-refractivity contribution in [1.29, 1.82) is 0 Å². The maximum absolute atomic E-state index is 11.0. The van der Waals surface area contributed by atoms with Crippen LogP contribution >= 0.6 is 0 Å². The monoisotopic (exact) mass is 333 g/mol. The van der Waals surface area contributed by atoms with E-state index in [9.17, 15) is 4.79 Å². The average molecular weight is 334 g/mol. The zero-order valence-electron chi connectivity index (χ0n) is 16.4. The van der Waals surface area contributed by atoms with E-state index in [1.165, 1.54) is 16.7 Å². The van der Waals surface area contributed by atoms with Crippen LogP contribution in [0.4, 0.5) is 0 Å². The van der Waals surface area contributed by atoms with E-state index >= 15 is 0 Å². The molecule has 24 heavy (non-hydrogen) atoms. The summed E-state index contributed by atoms with van der Waals surface area (Å²) >= 11 is 0. The van der Waals surface area contributed by atoms with E-state index in [-0.39, 0.29) is 5.91 Å². The summed E-state index contributed by atoms with van der Waals surface area (Å²) in [6, 6.07) is 4.39. The van der Waals surface area contributed by atoms with Crippen molar-refractivity contribution in [3.63, 3.8) is 0 Å². The molecule has 0 saturated heterocycles. The van der Waals surface area contributed by atoms with E-state index < -0.39 is 0 Å². The van der Waals surface area contributed by atoms with Gasteiger partial charge in [0.15, 0.2) is 0 Å². The summed E-state index contributed by atoms with van der Waals surface area (Å²) in [5, 5.41) is 2.93. The van der Waals surface area contributed by atoms with Crippen LogP contribution in [0.25, 0.3) is 0 Å². The Hall–Kier alpha value is -1.51. The topological polar surface area (TPSA) is 38.3 Å². The molecular formula is C21H35NO2. The Labute approximate surface area is 148 Å². The molecular weight excluding hydrogens is 298 g/mol. The van der Waals surface area contributed by atoms with Crippen LogP contribution < -0.4 is 10.1 Å². The second-order valence-electron chi connectivity index (χ2n) is 6.13. The number of nitrogens with one attached hydrogen (secondary N) is 1. The smallest absolute Gasteiger partial charge is 0.216 e. The van der Waals surface area contributed by atoms with Gasteiger partial charge in [0, 0.05) is 13.5 Å². The van der Waals surface area contributed by atoms with Gasteiger partial charge in [-0.15, -0.1) is 0 Å². The van der Waals surface area contributed by atoms with Crippen LogP contribution in [-0.4, -0.2) is 19.1 Å². The number of carbonyl (C=O) groups excluding carboxylic acids is 1. The molecule has 1 aromatic carbocycles. The normalized spacial score (nSPS) is 20.2. The first kappa shape index (κ1) is 20.5. The van der Waals surface area contributed by atoms with Gasteiger partial charge in [-0.1, -0.05) is 40.7 Å². The molecule has 1 amide bonds. The quantitative estimate of drug-likeness (QED) is 0.857. The lowest BCUT2D eigenvalue weighted by Crippen LogP contribution is -2.23. The SMILES string of the molecule is CC.CC.CC(=O)NCCC1c2c(ccc3c2CCCO3)CC1C. The number of ether oxygens (including phenoxy) is 1. The van der Waals surface area contributed by atoms with Gasteiger partial charge in [-0.05, 0) is 60.3 Å². The van der Waals surface area contributed by atoms with Crippen LogP contribution in [0.5, 0.6) is 5.75 Å². The van der Waals surface area contributed by atoms with Gasteiger partial charge in [-0.25, -0.2) is 0 Å². The zero-order valence-corrected chi connectivity index (χ0v) is 16.4. The molecule has 0 aromatic heterocycles. The van der Waals surface area contributed by atoms with E-state index in [0.29, 0.717) is 11.8 Å². The van der Waals surface area contributed by atoms with Gasteiger partial charge in [0.1, 0.15) is 5.75 Å². The third-order valence-corrected chi connectivity index (χ3v) is 4.66. The number of hydrogen-bond donors (Lipinski definition) is 1. The zero-order chi connectivity index (χ0) is 18.1. The maximum atomic E-state index is 11.0. The lowest BCUT2D eigenvalue weighted by Gasteiger charge is -2.24. The Morgan fingerprint density at radius 3 is 2.62 bits per heavy atom. The average Bonchev–Trinajstić information content (AvgIpc) is 2.94. The lowest BCUT2D eigenvalue weighted by molar-refractivity contribution is -0.118. The number of hydrogen-bond acceptors (Lipinski definition) is 2. The fraction of sp³-hybridized carbons (Fsp3) is 0.667. The molecule has 2 atom stereocenters. The van der Waals surface area contributed by atoms with Crippen molar-refractivity contribution in [3.8, 4) is 5.75 Å². The second kappa shape index (κ2) is 10.4. The minimum atomic E-state index is 0.0642. The van der Waals surface area contributed by atoms with Crippen molar-refractivity contribution in [2.45, 2.75) is 73.1 Å². The fourth-order valence-electron chi connectivity index (χ4n) is 3.76. The van der Waals surface area contributed by atoms with E-state index in [2.05, 4.69) is 24.4 Å². The Balaban J connectivity index is 0.000000671. The molecule has 1 aromatic rings. The molecule has 0 bridgehead atoms. The molecule has 1 heterocycles. The molecule has 0 spiro atoms. The van der Waals surface area contributed by atoms with Crippen LogP contribution in [0.1, 0.15) is 77.0 Å². The molecule has 0 fully saturated rings. The van der Waals surface area contributed by atoms with Crippen LogP contribution in [0.2, 0.25) is 0 Å². The summed E-state index contributed by atoms with van der Waals surface area (Å²) in [6.07, 6.45) is 4.45. The summed E-state index contributed by atoms with van der Waals surface area (Å²) in [6.45, 7) is 13.5. The van der Waals surface area contributed by atoms with E-state index in [1.54, 1.807) is 6.92 Å². The highest BCUT2D eigenvalue weighted by atomic mass is 16.5. The number of benzene rings is 1. The molecule has 1 aliphatic heterocycles. The van der Waals surface area contributed by atoms with Gasteiger partial charge < -0.3 is 10.1 Å². The van der Waals surface area contributed by atoms with E-state index in [0.717, 1.165) is 44.6 Å². The lowest BCUT2D eigenvalue weighted by atomic mass is 9.86. The Bertz CT molecular complexity index is 525. The third-order valence-electron chi connectivity index (χ3n) is 4.66. The Kier molecular flexibility index (Phi) is 8.88. The van der Waals surface area contributed by atoms with Crippen LogP contribution in [0.15, 0.2) is 12.1 Å². The van der Waals surface area contributed by atoms with Crippen molar-refractivity contribution < 1.29 is 9.53 Å². The van der Waals surface area contributed by atoms with Crippen molar-refractivity contribution in [1.82, 2.24) is 5.32 Å². The number of amides is 1. The van der Waals surface area contributed by atoms with Gasteiger partial charge in [-0.2, -0.15) is 0 Å². The van der Waals surface area contributed by atoms with Crippen molar-refractivity contribution in [3.05, 3.63) is 28.8 Å². The Morgan fingerprint density at radius 2 is 1.96 bits per heavy atom. The molecule has 1 N–H and O–H groups in total. The number of carbonyl (C=O) groups is 1. The van der Waals surface area contributed by atoms with Crippen LogP contribution in [0, 0.1) is 5.92 Å². The van der Waals surface area contributed by atoms with Crippen molar-refractivity contribution in [2.75, 3.05) is 13.2 Å². The summed E-state index contributed by atoms with van der Waals surface area (Å²) in [7, 11) is 0. The third kappa shape index (κ3) is 4.75. The molecule has 2 aliphatic rings. The molecule has 3 heteroatoms. The number of fused-ring (bicyclic) bond motifs is 3. The standard InChI is InChI=1S/C17H23NO2.2C2H6/c1-11-10-13-5-6-16-15(4-3-9-20-16)17(13)14(11)7-8-18-12(2)19;2*1-2/h5-6,11,14H,3-4,7-10H2,1-2H3,(H,18,19);2*1-2H3. The van der Waals surface area contributed by atoms with Gasteiger partial charge in [0.2, 0.25) is 5.91 Å². The fourth-order valence-corrected chi connectivity index (χ4v) is 3.76. The summed E-state index contributed by atoms with van der Waals surface area (Å²) in [5.41, 5.74) is 4.46. The first-order chi connectivity index (χ1) is 11.7. The maximum Gasteiger partial charge on any atom is 0.216 e. The number of rotatable bonds is 3. The predicted octanol–water partition coefficient (Wildman–Crippen LogP) is 4.87. The molecule has 0 radical (unpaired) electrons. The van der Waals surface area contributed by atoms with Crippen LogP contribution in [-0.2, 0) is 17.6 Å². The molecule has 2 unspecified atom stereocenters. The molecule has 1 aliphatic carbocycles. The molecule has 0 saturated carbocycles. The van der Waals surface area contributed by atoms with E-state index in [1.807, 2.05) is 27.7 Å². The van der Waals surface area contributed by atoms with Crippen molar-refractivity contribution in [2.24, 2.45) is 5.92 Å². The highest BCUT2D eigenvalue weighted by molar-refractivity contribution is 5.72. The van der Waals surface area contributed by atoms with E-state index in [4.69, 9.17) is 4.74 Å². The molecule has 136 valence electrons. The second-order valence-corrected chi connectivity index (χ2v) is 6.13. The minimum absolute atomic E-state index is 0.0642. The van der Waals surface area contributed by atoms with Gasteiger partial charge in [0.05, 0.1) is 6.61 Å². The van der Waals surface area contributed by atoms with Gasteiger partial charge >= 0.3 is 0 Å². The Morgan fingerprint density at radius 1 is 1.25 bits per heavy atom. The first-order valence-electron chi connectivity index (χ1n) is 9.68. The van der Waals surface area contributed by atoms with Crippen LogP contribution in [0.3, 0.4) is 0 Å². The molecule has 3 nitrogen and oxygen atoms in total. The molecule has 3 rings (SSSR count).